The van der Waals surface area contributed by atoms with Gasteiger partial charge in [0.25, 0.3) is 0 Å². The van der Waals surface area contributed by atoms with Gasteiger partial charge < -0.3 is 15.3 Å². The molecule has 0 spiro atoms. The van der Waals surface area contributed by atoms with Crippen LogP contribution in [0, 0.1) is 11.3 Å². The molecular formula is C15H19N3O2. The number of likely N-dealkylation sites (tertiary alicyclic amines) is 1. The molecule has 0 radical (unpaired) electrons. The number of nitrogens with one attached hydrogen (secondary N) is 1. The van der Waals surface area contributed by atoms with Gasteiger partial charge in [0, 0.05) is 24.9 Å². The summed E-state index contributed by atoms with van der Waals surface area (Å²) in [5.41, 5.74) is 1.25. The van der Waals surface area contributed by atoms with Crippen LogP contribution in [0.4, 0.5) is 10.5 Å². The van der Waals surface area contributed by atoms with E-state index in [4.69, 9.17) is 10.4 Å². The summed E-state index contributed by atoms with van der Waals surface area (Å²) in [6, 6.07) is 8.83. The Morgan fingerprint density at radius 1 is 1.40 bits per heavy atom. The van der Waals surface area contributed by atoms with Gasteiger partial charge in [-0.1, -0.05) is 0 Å². The fraction of sp³-hybridized carbons (Fsp3) is 0.467. The van der Waals surface area contributed by atoms with Crippen LogP contribution in [0.1, 0.15) is 31.2 Å². The number of rotatable bonds is 3. The number of aliphatic hydroxyl groups excluding tert-OH is 1. The SMILES string of the molecule is N#Cc1ccc(NC(=O)N2CCCCC2CCO)cc1. The number of piperidine rings is 1. The zero-order valence-corrected chi connectivity index (χ0v) is 11.4. The number of benzene rings is 1. The molecule has 1 fully saturated rings. The Bertz CT molecular complexity index is 491. The van der Waals surface area contributed by atoms with E-state index in [1.807, 2.05) is 6.07 Å². The normalized spacial score (nSPS) is 18.4. The first-order chi connectivity index (χ1) is 9.74. The van der Waals surface area contributed by atoms with Crippen LogP contribution < -0.4 is 5.32 Å². The highest BCUT2D eigenvalue weighted by molar-refractivity contribution is 5.89. The van der Waals surface area contributed by atoms with Gasteiger partial charge in [0.2, 0.25) is 0 Å². The maximum atomic E-state index is 12.3. The second-order valence-electron chi connectivity index (χ2n) is 4.97. The van der Waals surface area contributed by atoms with Crippen LogP contribution in [0.25, 0.3) is 0 Å². The molecule has 5 nitrogen and oxygen atoms in total. The molecule has 20 heavy (non-hydrogen) atoms. The summed E-state index contributed by atoms with van der Waals surface area (Å²) >= 11 is 0. The van der Waals surface area contributed by atoms with Crippen molar-refractivity contribution in [2.75, 3.05) is 18.5 Å². The lowest BCUT2D eigenvalue weighted by Gasteiger charge is -2.35. The van der Waals surface area contributed by atoms with Crippen LogP contribution in [0.5, 0.6) is 0 Å². The summed E-state index contributed by atoms with van der Waals surface area (Å²) in [7, 11) is 0. The molecule has 1 aromatic carbocycles. The van der Waals surface area contributed by atoms with Gasteiger partial charge in [0.05, 0.1) is 11.6 Å². The lowest BCUT2D eigenvalue weighted by molar-refractivity contribution is 0.141. The Balaban J connectivity index is 2.00. The zero-order chi connectivity index (χ0) is 14.4. The van der Waals surface area contributed by atoms with Crippen LogP contribution >= 0.6 is 0 Å². The van der Waals surface area contributed by atoms with Crippen LogP contribution in [0.2, 0.25) is 0 Å². The quantitative estimate of drug-likeness (QED) is 0.887. The van der Waals surface area contributed by atoms with E-state index >= 15 is 0 Å². The van der Waals surface area contributed by atoms with Crippen molar-refractivity contribution in [2.24, 2.45) is 0 Å². The van der Waals surface area contributed by atoms with Crippen molar-refractivity contribution in [3.63, 3.8) is 0 Å². The number of nitriles is 1. The zero-order valence-electron chi connectivity index (χ0n) is 11.4. The third kappa shape index (κ3) is 3.49. The van der Waals surface area contributed by atoms with Gasteiger partial charge in [-0.05, 0) is 49.9 Å². The van der Waals surface area contributed by atoms with Gasteiger partial charge in [0.15, 0.2) is 0 Å². The third-order valence-electron chi connectivity index (χ3n) is 3.62. The molecule has 2 amide bonds. The van der Waals surface area contributed by atoms with E-state index in [1.54, 1.807) is 29.2 Å². The Morgan fingerprint density at radius 3 is 2.80 bits per heavy atom. The number of amides is 2. The molecule has 0 aliphatic carbocycles. The second-order valence-corrected chi connectivity index (χ2v) is 4.97. The van der Waals surface area contributed by atoms with Crippen molar-refractivity contribution < 1.29 is 9.90 Å². The Morgan fingerprint density at radius 2 is 2.15 bits per heavy atom. The molecule has 0 bridgehead atoms. The molecule has 2 rings (SSSR count). The van der Waals surface area contributed by atoms with E-state index in [9.17, 15) is 4.79 Å². The predicted molar refractivity (Wildman–Crippen MR) is 76.2 cm³/mol. The fourth-order valence-corrected chi connectivity index (χ4v) is 2.54. The maximum Gasteiger partial charge on any atom is 0.322 e. The molecule has 1 atom stereocenters. The molecular weight excluding hydrogens is 254 g/mol. The summed E-state index contributed by atoms with van der Waals surface area (Å²) < 4.78 is 0. The van der Waals surface area contributed by atoms with Gasteiger partial charge in [-0.15, -0.1) is 0 Å². The third-order valence-corrected chi connectivity index (χ3v) is 3.62. The van der Waals surface area contributed by atoms with Crippen LogP contribution in [0.3, 0.4) is 0 Å². The number of urea groups is 1. The number of hydrogen-bond donors (Lipinski definition) is 2. The van der Waals surface area contributed by atoms with Gasteiger partial charge in [0.1, 0.15) is 0 Å². The molecule has 0 aromatic heterocycles. The Kier molecular flexibility index (Phi) is 4.97. The van der Waals surface area contributed by atoms with Gasteiger partial charge in [-0.25, -0.2) is 4.79 Å². The summed E-state index contributed by atoms with van der Waals surface area (Å²) in [6.45, 7) is 0.831. The molecule has 1 aromatic rings. The van der Waals surface area contributed by atoms with Gasteiger partial charge in [-0.2, -0.15) is 5.26 Å². The first-order valence-corrected chi connectivity index (χ1v) is 6.93. The molecule has 1 heterocycles. The summed E-state index contributed by atoms with van der Waals surface area (Å²) in [6.07, 6.45) is 3.68. The van der Waals surface area contributed by atoms with Crippen LogP contribution in [-0.2, 0) is 0 Å². The smallest absolute Gasteiger partial charge is 0.322 e. The lowest BCUT2D eigenvalue weighted by Crippen LogP contribution is -2.46. The highest BCUT2D eigenvalue weighted by Gasteiger charge is 2.26. The molecule has 0 saturated carbocycles. The molecule has 5 heteroatoms. The molecule has 106 valence electrons. The number of aliphatic hydroxyl groups is 1. The Labute approximate surface area is 118 Å². The van der Waals surface area contributed by atoms with E-state index in [1.165, 1.54) is 0 Å². The van der Waals surface area contributed by atoms with E-state index < -0.39 is 0 Å². The topological polar surface area (TPSA) is 76.4 Å². The summed E-state index contributed by atoms with van der Waals surface area (Å²) in [5, 5.41) is 20.7. The second kappa shape index (κ2) is 6.92. The minimum absolute atomic E-state index is 0.102. The van der Waals surface area contributed by atoms with Gasteiger partial charge >= 0.3 is 6.03 Å². The highest BCUT2D eigenvalue weighted by Crippen LogP contribution is 2.21. The van der Waals surface area contributed by atoms with E-state index in [0.29, 0.717) is 17.7 Å². The largest absolute Gasteiger partial charge is 0.396 e. The van der Waals surface area contributed by atoms with Crippen molar-refractivity contribution >= 4 is 11.7 Å². The average Bonchev–Trinajstić information content (AvgIpc) is 2.49. The average molecular weight is 273 g/mol. The number of nitrogens with zero attached hydrogens (tertiary/aromatic N) is 2. The first kappa shape index (κ1) is 14.4. The number of anilines is 1. The molecule has 1 unspecified atom stereocenters. The molecule has 1 aliphatic heterocycles. The Hall–Kier alpha value is -2.06. The summed E-state index contributed by atoms with van der Waals surface area (Å²) in [5.74, 6) is 0. The highest BCUT2D eigenvalue weighted by atomic mass is 16.3. The van der Waals surface area contributed by atoms with Crippen molar-refractivity contribution in [1.29, 1.82) is 5.26 Å². The standard InChI is InChI=1S/C15H19N3O2/c16-11-12-4-6-13(7-5-12)17-15(20)18-9-2-1-3-14(18)8-10-19/h4-7,14,19H,1-3,8-10H2,(H,17,20). The van der Waals surface area contributed by atoms with Crippen molar-refractivity contribution in [3.8, 4) is 6.07 Å². The van der Waals surface area contributed by atoms with Gasteiger partial charge in [-0.3, -0.25) is 0 Å². The maximum absolute atomic E-state index is 12.3. The number of carbonyl (C=O) groups is 1. The fourth-order valence-electron chi connectivity index (χ4n) is 2.54. The lowest BCUT2D eigenvalue weighted by atomic mass is 10.0. The van der Waals surface area contributed by atoms with E-state index in [0.717, 1.165) is 25.8 Å². The first-order valence-electron chi connectivity index (χ1n) is 6.93. The molecule has 1 saturated heterocycles. The van der Waals surface area contributed by atoms with E-state index in [-0.39, 0.29) is 18.7 Å². The van der Waals surface area contributed by atoms with Crippen molar-refractivity contribution in [3.05, 3.63) is 29.8 Å². The predicted octanol–water partition coefficient (Wildman–Crippen LogP) is 2.33. The minimum atomic E-state index is -0.132. The van der Waals surface area contributed by atoms with E-state index in [2.05, 4.69) is 5.32 Å². The minimum Gasteiger partial charge on any atom is -0.396 e. The number of carbonyl (C=O) groups excluding carboxylic acids is 1. The van der Waals surface area contributed by atoms with Crippen molar-refractivity contribution in [1.82, 2.24) is 4.90 Å². The number of hydrogen-bond acceptors (Lipinski definition) is 3. The summed E-state index contributed by atoms with van der Waals surface area (Å²) in [4.78, 5) is 14.1. The van der Waals surface area contributed by atoms with Crippen LogP contribution in [0.15, 0.2) is 24.3 Å². The van der Waals surface area contributed by atoms with Crippen LogP contribution in [-0.4, -0.2) is 35.2 Å². The monoisotopic (exact) mass is 273 g/mol. The molecule has 1 aliphatic rings. The molecule has 2 N–H and O–H groups in total. The van der Waals surface area contributed by atoms with Crippen molar-refractivity contribution in [2.45, 2.75) is 31.7 Å².